The average Bonchev–Trinajstić information content (AvgIpc) is 1.66. The number of fused-ring (bicyclic) bond motifs is 3. The highest BCUT2D eigenvalue weighted by atomic mass is 127. The molecule has 32 heteroatoms. The molecule has 3 unspecified atom stereocenters. The number of rotatable bonds is 5. The van der Waals surface area contributed by atoms with Crippen molar-refractivity contribution < 1.29 is 71.9 Å². The molecule has 0 bridgehead atoms. The summed E-state index contributed by atoms with van der Waals surface area (Å²) in [6, 6.07) is 16.0. The first-order valence-electron chi connectivity index (χ1n) is 30.5. The highest BCUT2D eigenvalue weighted by molar-refractivity contribution is 14.1. The Kier molecular flexibility index (Phi) is 23.8. The van der Waals surface area contributed by atoms with Crippen molar-refractivity contribution in [2.24, 2.45) is 0 Å². The van der Waals surface area contributed by atoms with Crippen molar-refractivity contribution in [3.8, 4) is 5.75 Å². The first kappa shape index (κ1) is 72.7. The van der Waals surface area contributed by atoms with Crippen LogP contribution >= 0.6 is 45.8 Å². The van der Waals surface area contributed by atoms with Gasteiger partial charge in [0.2, 0.25) is 5.91 Å². The highest BCUT2D eigenvalue weighted by Gasteiger charge is 2.40. The Labute approximate surface area is 570 Å². The Bertz CT molecular complexity index is 3770. The van der Waals surface area contributed by atoms with E-state index in [-0.39, 0.29) is 70.7 Å². The standard InChI is InChI=1S/C18H19ClFN5O3.C16H24N4O4.C13H9ClFNO2.C12H18IN3O2.C4H7NO2/c1-10-8-25-15(14(7-21-25)23-5-4-16(26)17(23)27)9-24(10)18(28)22-11-2-3-13(20)12(19)6-11;1-10-8-20-12(9-19(10)15(23)24-16(2,3)4)11(7-17-20)18-6-5-13(21)14(18)22;14-11-8-9(6-7-12(11)15)16-13(17)18-10-4-2-1-3-5-10;1-8-6-16-10(9(13)5-14-16)7-15(8)11(17)18-12(2,3)4;6-3-1-2-5-4(3)7/h2-3,6-7,10,16,26H,4-5,8-9H2,1H3,(H,22,28);7,10,13,21H,5-6,8-9H2,1-4H3;1-8H,(H,16,17);5,8H,6-7H2,1-4H3;3,6H,1-2H2,(H,5,7)/t10-,16?;10-,13?;;8-;/m00.0./s1. The van der Waals surface area contributed by atoms with Crippen molar-refractivity contribution >= 4 is 111 Å². The van der Waals surface area contributed by atoms with Gasteiger partial charge in [0.05, 0.1) is 118 Å². The molecular formula is C63H77Cl2F2IN14O13. The zero-order valence-corrected chi connectivity index (χ0v) is 57.4. The lowest BCUT2D eigenvalue weighted by atomic mass is 10.2. The largest absolute Gasteiger partial charge is 0.444 e. The molecule has 0 saturated carbocycles. The molecule has 3 saturated heterocycles. The van der Waals surface area contributed by atoms with Gasteiger partial charge >= 0.3 is 24.3 Å². The van der Waals surface area contributed by atoms with Gasteiger partial charge in [-0.05, 0) is 140 Å². The Morgan fingerprint density at radius 2 is 1.03 bits per heavy atom. The van der Waals surface area contributed by atoms with Gasteiger partial charge in [0.1, 0.15) is 46.9 Å². The van der Waals surface area contributed by atoms with Crippen LogP contribution in [0.5, 0.6) is 5.75 Å². The number of aromatic nitrogens is 6. The topological polar surface area (TPSA) is 314 Å². The lowest BCUT2D eigenvalue weighted by Crippen LogP contribution is -2.47. The molecule has 512 valence electrons. The fraction of sp³-hybridized carbons (Fsp3) is 0.460. The summed E-state index contributed by atoms with van der Waals surface area (Å²) in [7, 11) is 0. The zero-order valence-electron chi connectivity index (χ0n) is 53.8. The number of amides is 8. The number of nitrogens with zero attached hydrogens (tertiary/aromatic N) is 11. The van der Waals surface area contributed by atoms with Gasteiger partial charge in [-0.25, -0.2) is 28.0 Å². The third-order valence-electron chi connectivity index (χ3n) is 15.4. The predicted molar refractivity (Wildman–Crippen MR) is 354 cm³/mol. The number of anilines is 4. The fourth-order valence-corrected chi connectivity index (χ4v) is 11.4. The minimum atomic E-state index is -0.999. The molecule has 0 spiro atoms. The molecule has 12 rings (SSSR count). The van der Waals surface area contributed by atoms with E-state index in [2.05, 4.69) is 53.8 Å². The van der Waals surface area contributed by atoms with Crippen molar-refractivity contribution in [2.75, 3.05) is 40.1 Å². The molecule has 3 aromatic carbocycles. The first-order chi connectivity index (χ1) is 44.7. The number of benzene rings is 3. The van der Waals surface area contributed by atoms with Crippen LogP contribution in [0.25, 0.3) is 0 Å². The van der Waals surface area contributed by atoms with Gasteiger partial charge in [0.25, 0.3) is 11.8 Å². The molecule has 95 heavy (non-hydrogen) atoms. The Morgan fingerprint density at radius 3 is 1.44 bits per heavy atom. The second-order valence-electron chi connectivity index (χ2n) is 25.0. The van der Waals surface area contributed by atoms with E-state index in [0.717, 1.165) is 27.2 Å². The van der Waals surface area contributed by atoms with Gasteiger partial charge in [0.15, 0.2) is 0 Å². The van der Waals surface area contributed by atoms with E-state index in [4.69, 9.17) is 42.5 Å². The number of urea groups is 1. The van der Waals surface area contributed by atoms with Crippen LogP contribution in [0.4, 0.5) is 50.7 Å². The summed E-state index contributed by atoms with van der Waals surface area (Å²) in [6.07, 6.45) is 2.44. The van der Waals surface area contributed by atoms with Crippen LogP contribution in [0.3, 0.4) is 0 Å². The molecule has 8 amide bonds. The second-order valence-corrected chi connectivity index (χ2v) is 27.0. The molecule has 27 nitrogen and oxygen atoms in total. The van der Waals surface area contributed by atoms with Gasteiger partial charge < -0.3 is 54.9 Å². The minimum absolute atomic E-state index is 0.0556. The molecule has 6 atom stereocenters. The summed E-state index contributed by atoms with van der Waals surface area (Å²) >= 11 is 13.6. The molecule has 0 radical (unpaired) electrons. The molecule has 3 aromatic heterocycles. The number of hydrogen-bond donors (Lipinski definition) is 6. The third-order valence-corrected chi connectivity index (χ3v) is 16.9. The van der Waals surface area contributed by atoms with Gasteiger partial charge in [-0.15, -0.1) is 0 Å². The normalized spacial score (nSPS) is 20.4. The SMILES string of the molecule is C[C@H]1Cn2ncc(I)c2CN1C(=O)OC(C)(C)C.C[C@H]1Cn2ncc(N3CCC(O)C3=O)c2CN1C(=O)Nc1ccc(F)c(Cl)c1.C[C@H]1Cn2ncc(N3CCC(O)C3=O)c2CN1C(=O)OC(C)(C)C.O=C(Nc1ccc(F)c(Cl)c1)Oc1ccccc1.O=C1NCCC1O. The second kappa shape index (κ2) is 31.1. The highest BCUT2D eigenvalue weighted by Crippen LogP contribution is 2.34. The van der Waals surface area contributed by atoms with Crippen molar-refractivity contribution in [3.63, 3.8) is 0 Å². The van der Waals surface area contributed by atoms with Crippen LogP contribution in [-0.4, -0.2) is 169 Å². The van der Waals surface area contributed by atoms with Crippen LogP contribution in [-0.2, 0) is 63.1 Å². The number of para-hydroxylation sites is 1. The monoisotopic (exact) mass is 1470 g/mol. The van der Waals surface area contributed by atoms with Crippen molar-refractivity contribution in [1.29, 1.82) is 0 Å². The Hall–Kier alpha value is -8.17. The number of halogens is 5. The number of hydrogen-bond acceptors (Lipinski definition) is 16. The molecule has 6 aliphatic heterocycles. The number of ether oxygens (including phenoxy) is 3. The van der Waals surface area contributed by atoms with E-state index in [1.165, 1.54) is 41.3 Å². The number of aliphatic hydroxyl groups excluding tert-OH is 3. The molecule has 3 fully saturated rings. The predicted octanol–water partition coefficient (Wildman–Crippen LogP) is 8.91. The molecule has 6 aromatic rings. The Balaban J connectivity index is 0.000000159. The van der Waals surface area contributed by atoms with Crippen LogP contribution in [0.1, 0.15) is 98.7 Å². The molecular weight excluding hydrogens is 1400 g/mol. The van der Waals surface area contributed by atoms with Crippen LogP contribution in [0.2, 0.25) is 10.0 Å². The van der Waals surface area contributed by atoms with E-state index in [0.29, 0.717) is 93.6 Å². The summed E-state index contributed by atoms with van der Waals surface area (Å²) in [6.45, 7) is 21.4. The molecule has 9 heterocycles. The van der Waals surface area contributed by atoms with Crippen molar-refractivity contribution in [3.05, 3.63) is 128 Å². The maximum Gasteiger partial charge on any atom is 0.417 e. The number of carbonyl (C=O) groups excluding carboxylic acids is 7. The summed E-state index contributed by atoms with van der Waals surface area (Å²) in [5, 5.41) is 48.5. The van der Waals surface area contributed by atoms with Crippen LogP contribution in [0.15, 0.2) is 85.3 Å². The fourth-order valence-electron chi connectivity index (χ4n) is 10.5. The van der Waals surface area contributed by atoms with Gasteiger partial charge in [-0.3, -0.25) is 43.5 Å². The van der Waals surface area contributed by atoms with E-state index in [1.54, 1.807) is 60.9 Å². The molecule has 6 N–H and O–H groups in total. The van der Waals surface area contributed by atoms with E-state index >= 15 is 0 Å². The zero-order chi connectivity index (χ0) is 69.4. The van der Waals surface area contributed by atoms with Gasteiger partial charge in [0, 0.05) is 43.9 Å². The molecule has 0 aliphatic carbocycles. The van der Waals surface area contributed by atoms with Crippen LogP contribution < -0.4 is 30.5 Å². The van der Waals surface area contributed by atoms with Gasteiger partial charge in [-0.2, -0.15) is 15.3 Å². The number of nitrogens with one attached hydrogen (secondary N) is 3. The van der Waals surface area contributed by atoms with E-state index in [9.17, 15) is 52.6 Å². The van der Waals surface area contributed by atoms with Crippen LogP contribution in [0, 0.1) is 15.2 Å². The number of carbonyl (C=O) groups is 7. The molecule has 6 aliphatic rings. The minimum Gasteiger partial charge on any atom is -0.444 e. The lowest BCUT2D eigenvalue weighted by molar-refractivity contribution is -0.126. The summed E-state index contributed by atoms with van der Waals surface area (Å²) in [4.78, 5) is 91.5. The van der Waals surface area contributed by atoms with E-state index in [1.807, 2.05) is 83.9 Å². The van der Waals surface area contributed by atoms with Gasteiger partial charge in [-0.1, -0.05) is 41.4 Å². The number of aliphatic hydroxyl groups is 3. The first-order valence-corrected chi connectivity index (χ1v) is 32.3. The van der Waals surface area contributed by atoms with E-state index < -0.39 is 47.2 Å². The maximum absolute atomic E-state index is 13.3. The average molecular weight is 1470 g/mol. The summed E-state index contributed by atoms with van der Waals surface area (Å²) < 4.78 is 48.8. The van der Waals surface area contributed by atoms with Crippen molar-refractivity contribution in [1.82, 2.24) is 49.4 Å². The maximum atomic E-state index is 13.3. The summed E-state index contributed by atoms with van der Waals surface area (Å²) in [5.74, 6) is -1.58. The third kappa shape index (κ3) is 18.9. The summed E-state index contributed by atoms with van der Waals surface area (Å²) in [5.41, 5.74) is 3.61. The lowest BCUT2D eigenvalue weighted by Gasteiger charge is -2.36. The smallest absolute Gasteiger partial charge is 0.417 e. The Morgan fingerprint density at radius 1 is 0.600 bits per heavy atom. The quantitative estimate of drug-likeness (QED) is 0.0878. The van der Waals surface area contributed by atoms with Crippen molar-refractivity contribution in [2.45, 2.75) is 168 Å².